The van der Waals surface area contributed by atoms with E-state index in [0.29, 0.717) is 41.0 Å². The molecule has 2 aromatic carbocycles. The zero-order chi connectivity index (χ0) is 23.1. The van der Waals surface area contributed by atoms with Gasteiger partial charge in [-0.1, -0.05) is 17.3 Å². The summed E-state index contributed by atoms with van der Waals surface area (Å²) in [6.45, 7) is 2.22. The zero-order valence-corrected chi connectivity index (χ0v) is 18.6. The molecule has 0 spiro atoms. The Morgan fingerprint density at radius 1 is 1.06 bits per heavy atom. The van der Waals surface area contributed by atoms with Gasteiger partial charge in [-0.2, -0.15) is 0 Å². The number of ketones is 2. The highest BCUT2D eigenvalue weighted by Crippen LogP contribution is 2.39. The lowest BCUT2D eigenvalue weighted by Gasteiger charge is -2.34. The summed E-state index contributed by atoms with van der Waals surface area (Å²) in [4.78, 5) is 26.5. The molecule has 2 heterocycles. The van der Waals surface area contributed by atoms with Crippen LogP contribution in [0.3, 0.4) is 0 Å². The second-order valence-corrected chi connectivity index (χ2v) is 8.09. The lowest BCUT2D eigenvalue weighted by Crippen LogP contribution is -2.39. The number of methoxy groups -OCH3 is 2. The molecule has 1 aliphatic carbocycles. The van der Waals surface area contributed by atoms with Crippen molar-refractivity contribution in [2.24, 2.45) is 0 Å². The number of hydrogen-bond donors (Lipinski definition) is 0. The zero-order valence-electron chi connectivity index (χ0n) is 18.6. The van der Waals surface area contributed by atoms with Gasteiger partial charge in [-0.15, -0.1) is 5.10 Å². The maximum atomic E-state index is 13.3. The molecule has 33 heavy (non-hydrogen) atoms. The first-order valence-electron chi connectivity index (χ1n) is 10.7. The van der Waals surface area contributed by atoms with Gasteiger partial charge in [0.15, 0.2) is 11.6 Å². The third-order valence-electron chi connectivity index (χ3n) is 6.11. The summed E-state index contributed by atoms with van der Waals surface area (Å²) in [5, 5.41) is 8.48. The van der Waals surface area contributed by atoms with Crippen LogP contribution < -0.4 is 9.47 Å². The van der Waals surface area contributed by atoms with Crippen LogP contribution in [0.15, 0.2) is 59.8 Å². The monoisotopic (exact) mass is 445 g/mol. The topological polar surface area (TPSA) is 92.5 Å². The summed E-state index contributed by atoms with van der Waals surface area (Å²) in [6, 6.07) is 12.7. The first kappa shape index (κ1) is 21.1. The molecule has 2 aliphatic rings. The van der Waals surface area contributed by atoms with Crippen LogP contribution in [-0.2, 0) is 11.3 Å². The van der Waals surface area contributed by atoms with Gasteiger partial charge in [0.2, 0.25) is 0 Å². The number of hydrogen-bond acceptors (Lipinski definition) is 7. The van der Waals surface area contributed by atoms with Gasteiger partial charge in [0, 0.05) is 28.7 Å². The molecular weight excluding hydrogens is 422 g/mol. The molecule has 0 saturated carbocycles. The minimum absolute atomic E-state index is 0.142. The third kappa shape index (κ3) is 3.62. The number of benzene rings is 2. The van der Waals surface area contributed by atoms with Crippen LogP contribution in [0, 0.1) is 0 Å². The van der Waals surface area contributed by atoms with Gasteiger partial charge in [0.05, 0.1) is 44.7 Å². The molecule has 1 aromatic heterocycles. The molecule has 0 bridgehead atoms. The molecule has 1 aliphatic heterocycles. The maximum absolute atomic E-state index is 13.3. The Bertz CT molecular complexity index is 1280. The average Bonchev–Trinajstić information content (AvgIpc) is 3.30. The van der Waals surface area contributed by atoms with Crippen LogP contribution >= 0.6 is 0 Å². The van der Waals surface area contributed by atoms with Gasteiger partial charge in [-0.25, -0.2) is 4.68 Å². The van der Waals surface area contributed by atoms with E-state index >= 15 is 0 Å². The Balaban J connectivity index is 1.38. The SMILES string of the molecule is COc1ccc(-c2cn(C[C@H]3CC4=C(C(=O)c5c(OC)cccc5C4=O)[C@@H](C)O3)nn2)cc1. The van der Waals surface area contributed by atoms with Crippen LogP contribution in [0.2, 0.25) is 0 Å². The van der Waals surface area contributed by atoms with Gasteiger partial charge < -0.3 is 14.2 Å². The molecule has 0 amide bonds. The minimum Gasteiger partial charge on any atom is -0.497 e. The molecule has 0 radical (unpaired) electrons. The van der Waals surface area contributed by atoms with E-state index in [-0.39, 0.29) is 17.7 Å². The van der Waals surface area contributed by atoms with Crippen molar-refractivity contribution in [3.05, 3.63) is 70.9 Å². The summed E-state index contributed by atoms with van der Waals surface area (Å²) in [7, 11) is 3.11. The van der Waals surface area contributed by atoms with Crippen LogP contribution in [0.4, 0.5) is 0 Å². The minimum atomic E-state index is -0.516. The van der Waals surface area contributed by atoms with Crippen molar-refractivity contribution in [2.45, 2.75) is 32.1 Å². The molecule has 2 atom stereocenters. The third-order valence-corrected chi connectivity index (χ3v) is 6.11. The molecule has 5 rings (SSSR count). The van der Waals surface area contributed by atoms with E-state index in [0.717, 1.165) is 17.0 Å². The summed E-state index contributed by atoms with van der Waals surface area (Å²) in [5.41, 5.74) is 3.28. The van der Waals surface area contributed by atoms with Crippen molar-refractivity contribution in [3.8, 4) is 22.8 Å². The van der Waals surface area contributed by atoms with E-state index in [1.807, 2.05) is 30.5 Å². The molecule has 0 saturated heterocycles. The largest absolute Gasteiger partial charge is 0.497 e. The number of carbonyl (C=O) groups excluding carboxylic acids is 2. The molecular formula is C25H23N3O5. The van der Waals surface area contributed by atoms with Crippen LogP contribution in [-0.4, -0.2) is 53.0 Å². The number of ether oxygens (including phenoxy) is 3. The van der Waals surface area contributed by atoms with Crippen molar-refractivity contribution in [3.63, 3.8) is 0 Å². The molecule has 0 fully saturated rings. The Labute approximate surface area is 190 Å². The molecule has 8 nitrogen and oxygen atoms in total. The van der Waals surface area contributed by atoms with Gasteiger partial charge in [0.1, 0.15) is 17.2 Å². The molecule has 168 valence electrons. The van der Waals surface area contributed by atoms with E-state index in [4.69, 9.17) is 14.2 Å². The van der Waals surface area contributed by atoms with E-state index in [2.05, 4.69) is 10.3 Å². The van der Waals surface area contributed by atoms with E-state index in [1.165, 1.54) is 7.11 Å². The summed E-state index contributed by atoms with van der Waals surface area (Å²) in [5.74, 6) is 0.827. The highest BCUT2D eigenvalue weighted by molar-refractivity contribution is 6.28. The predicted octanol–water partition coefficient (Wildman–Crippen LogP) is 3.52. The molecule has 0 unspecified atom stereocenters. The van der Waals surface area contributed by atoms with Crippen molar-refractivity contribution >= 4 is 11.6 Å². The van der Waals surface area contributed by atoms with Crippen LogP contribution in [0.25, 0.3) is 11.3 Å². The van der Waals surface area contributed by atoms with Gasteiger partial charge in [-0.3, -0.25) is 9.59 Å². The van der Waals surface area contributed by atoms with Crippen molar-refractivity contribution in [1.82, 2.24) is 15.0 Å². The first-order valence-corrected chi connectivity index (χ1v) is 10.7. The van der Waals surface area contributed by atoms with Gasteiger partial charge in [-0.05, 0) is 37.3 Å². The van der Waals surface area contributed by atoms with Crippen LogP contribution in [0.1, 0.15) is 34.1 Å². The predicted molar refractivity (Wildman–Crippen MR) is 120 cm³/mol. The Kier molecular flexibility index (Phi) is 5.30. The molecule has 3 aromatic rings. The average molecular weight is 445 g/mol. The smallest absolute Gasteiger partial charge is 0.196 e. The van der Waals surface area contributed by atoms with E-state index < -0.39 is 6.10 Å². The lowest BCUT2D eigenvalue weighted by atomic mass is 9.78. The molecule has 8 heteroatoms. The van der Waals surface area contributed by atoms with Crippen molar-refractivity contribution in [1.29, 1.82) is 0 Å². The fourth-order valence-corrected chi connectivity index (χ4v) is 4.54. The van der Waals surface area contributed by atoms with Crippen LogP contribution in [0.5, 0.6) is 11.5 Å². The lowest BCUT2D eigenvalue weighted by molar-refractivity contribution is -0.00652. The number of nitrogens with zero attached hydrogens (tertiary/aromatic N) is 3. The Morgan fingerprint density at radius 2 is 1.85 bits per heavy atom. The highest BCUT2D eigenvalue weighted by atomic mass is 16.5. The fourth-order valence-electron chi connectivity index (χ4n) is 4.54. The Hall–Kier alpha value is -3.78. The molecule has 0 N–H and O–H groups in total. The number of rotatable bonds is 5. The summed E-state index contributed by atoms with van der Waals surface area (Å²) >= 11 is 0. The quantitative estimate of drug-likeness (QED) is 0.593. The second-order valence-electron chi connectivity index (χ2n) is 8.09. The first-order chi connectivity index (χ1) is 16.0. The second kappa shape index (κ2) is 8.29. The fraction of sp³-hybridized carbons (Fsp3) is 0.280. The van der Waals surface area contributed by atoms with Gasteiger partial charge in [0.25, 0.3) is 0 Å². The maximum Gasteiger partial charge on any atom is 0.196 e. The Morgan fingerprint density at radius 3 is 2.58 bits per heavy atom. The highest BCUT2D eigenvalue weighted by Gasteiger charge is 2.41. The number of Topliss-reactive ketones (excluding diaryl/α,β-unsaturated/α-hetero) is 2. The van der Waals surface area contributed by atoms with E-state index in [1.54, 1.807) is 36.9 Å². The summed E-state index contributed by atoms with van der Waals surface area (Å²) < 4.78 is 18.4. The van der Waals surface area contributed by atoms with Gasteiger partial charge >= 0.3 is 0 Å². The number of aromatic nitrogens is 3. The normalized spacial score (nSPS) is 19.8. The number of carbonyl (C=O) groups is 2. The van der Waals surface area contributed by atoms with E-state index in [9.17, 15) is 9.59 Å². The number of fused-ring (bicyclic) bond motifs is 1. The summed E-state index contributed by atoms with van der Waals surface area (Å²) in [6.07, 6.45) is 1.35. The van der Waals surface area contributed by atoms with Crippen molar-refractivity contribution < 1.29 is 23.8 Å². The van der Waals surface area contributed by atoms with Crippen molar-refractivity contribution in [2.75, 3.05) is 14.2 Å². The standard InChI is InChI=1S/C25H23N3O5/c1-14-22-19(24(29)18-5-4-6-21(32-3)23(18)25(22)30)11-17(33-14)12-28-13-20(26-27-28)15-7-9-16(31-2)10-8-15/h4-10,13-14,17H,11-12H2,1-3H3/t14-,17-/m1/s1.